The summed E-state index contributed by atoms with van der Waals surface area (Å²) in [4.78, 5) is 23.4. The number of aryl methyl sites for hydroxylation is 2. The average Bonchev–Trinajstić information content (AvgIpc) is 3.84. The summed E-state index contributed by atoms with van der Waals surface area (Å²) in [7, 11) is -0.724. The summed E-state index contributed by atoms with van der Waals surface area (Å²) < 4.78 is 59.3. The number of carboxylic acids is 1. The van der Waals surface area contributed by atoms with Crippen LogP contribution in [0.5, 0.6) is 23.0 Å². The van der Waals surface area contributed by atoms with Gasteiger partial charge in [0, 0.05) is 11.1 Å². The van der Waals surface area contributed by atoms with Gasteiger partial charge in [-0.3, -0.25) is 4.79 Å². The minimum Gasteiger partial charge on any atom is -0.497 e. The summed E-state index contributed by atoms with van der Waals surface area (Å²) in [5.41, 5.74) is 5.61. The van der Waals surface area contributed by atoms with Crippen LogP contribution in [-0.4, -0.2) is 39.6 Å². The van der Waals surface area contributed by atoms with Crippen LogP contribution in [0.3, 0.4) is 0 Å². The van der Waals surface area contributed by atoms with Gasteiger partial charge in [-0.25, -0.2) is 17.9 Å². The Labute approximate surface area is 341 Å². The number of carbonyl (C=O) groups is 2. The van der Waals surface area contributed by atoms with Crippen molar-refractivity contribution < 1.29 is 50.9 Å². The van der Waals surface area contributed by atoms with Crippen molar-refractivity contribution in [3.63, 3.8) is 0 Å². The Kier molecular flexibility index (Phi) is 13.2. The van der Waals surface area contributed by atoms with Gasteiger partial charge in [-0.15, -0.1) is 0 Å². The molecule has 0 unspecified atom stereocenters. The summed E-state index contributed by atoms with van der Waals surface area (Å²) in [5, 5.41) is 8.94. The van der Waals surface area contributed by atoms with Crippen LogP contribution in [0.15, 0.2) is 153 Å². The molecule has 2 aromatic heterocycles. The molecule has 0 radical (unpaired) electrons. The first-order valence-corrected chi connectivity index (χ1v) is 19.7. The van der Waals surface area contributed by atoms with Gasteiger partial charge in [0.2, 0.25) is 5.76 Å². The Bertz CT molecular complexity index is 2600. The van der Waals surface area contributed by atoms with Crippen LogP contribution in [0.4, 0.5) is 0 Å². The van der Waals surface area contributed by atoms with Crippen molar-refractivity contribution in [2.24, 2.45) is 0 Å². The number of carbonyl (C=O) groups excluding carboxylic acids is 1. The van der Waals surface area contributed by atoms with E-state index in [0.717, 1.165) is 39.3 Å². The first-order chi connectivity index (χ1) is 28.4. The fourth-order valence-electron chi connectivity index (χ4n) is 5.75. The molecule has 0 aliphatic carbocycles. The molecule has 13 heteroatoms. The normalized spacial score (nSPS) is 10.8. The number of carboxylic acid groups (broad SMARTS) is 1. The largest absolute Gasteiger partial charge is 0.497 e. The maximum atomic E-state index is 12.5. The summed E-state index contributed by atoms with van der Waals surface area (Å²) in [6.45, 7) is 3.83. The van der Waals surface area contributed by atoms with Crippen LogP contribution < -0.4 is 23.7 Å². The minimum absolute atomic E-state index is 0.00623. The molecule has 7 aromatic rings. The number of sulfonamides is 1. The first-order valence-electron chi connectivity index (χ1n) is 18.2. The second-order valence-electron chi connectivity index (χ2n) is 13.0. The summed E-state index contributed by atoms with van der Waals surface area (Å²) in [6, 6.07) is 41.6. The molecule has 59 heavy (non-hydrogen) atoms. The predicted molar refractivity (Wildman–Crippen MR) is 220 cm³/mol. The van der Waals surface area contributed by atoms with Crippen LogP contribution in [0.2, 0.25) is 0 Å². The van der Waals surface area contributed by atoms with E-state index in [1.165, 1.54) is 24.3 Å². The number of hydrogen-bond donors (Lipinski definition) is 2. The van der Waals surface area contributed by atoms with Crippen LogP contribution in [0, 0.1) is 13.8 Å². The second-order valence-corrected chi connectivity index (χ2v) is 14.7. The summed E-state index contributed by atoms with van der Waals surface area (Å²) in [5.74, 6) is 1.87. The fourth-order valence-corrected chi connectivity index (χ4v) is 6.73. The molecule has 0 aliphatic rings. The molecule has 0 atom stereocenters. The lowest BCUT2D eigenvalue weighted by Crippen LogP contribution is -2.30. The zero-order chi connectivity index (χ0) is 41.9. The van der Waals surface area contributed by atoms with Crippen molar-refractivity contribution in [2.45, 2.75) is 32.0 Å². The standard InChI is InChI=1S/C26H23NO6S.C20H18O5/c1-18-21(16-25(33-18)26(28)27-34(29,30)24-6-4-3-5-7-24)17-32-23-14-10-20(11-15-23)19-8-12-22(31-2)13-9-19;1-13-16(11-19(25-13)20(21)22)12-24-18-9-5-15(6-10-18)14-3-7-17(23-2)8-4-14/h3-16H,17H2,1-2H3,(H,27,28);3-11H,12H2,1-2H3,(H,21,22). The van der Waals surface area contributed by atoms with Crippen molar-refractivity contribution in [1.29, 1.82) is 0 Å². The van der Waals surface area contributed by atoms with Gasteiger partial charge in [-0.05, 0) is 109 Å². The molecule has 12 nitrogen and oxygen atoms in total. The van der Waals surface area contributed by atoms with Crippen molar-refractivity contribution in [2.75, 3.05) is 14.2 Å². The number of rotatable bonds is 14. The van der Waals surface area contributed by atoms with Gasteiger partial charge in [0.05, 0.1) is 19.1 Å². The van der Waals surface area contributed by atoms with E-state index in [4.69, 9.17) is 32.9 Å². The third-order valence-corrected chi connectivity index (χ3v) is 10.4. The van der Waals surface area contributed by atoms with Gasteiger partial charge in [0.25, 0.3) is 10.0 Å². The fraction of sp³-hybridized carbons (Fsp3) is 0.130. The van der Waals surface area contributed by atoms with E-state index in [1.54, 1.807) is 46.3 Å². The van der Waals surface area contributed by atoms with E-state index < -0.39 is 21.9 Å². The molecule has 0 aliphatic heterocycles. The molecule has 1 amide bonds. The van der Waals surface area contributed by atoms with E-state index in [0.29, 0.717) is 28.6 Å². The second kappa shape index (κ2) is 18.8. The topological polar surface area (TPSA) is 164 Å². The summed E-state index contributed by atoms with van der Waals surface area (Å²) >= 11 is 0. The zero-order valence-electron chi connectivity index (χ0n) is 32.6. The number of furan rings is 2. The average molecular weight is 816 g/mol. The van der Waals surface area contributed by atoms with Crippen LogP contribution in [0.25, 0.3) is 22.3 Å². The van der Waals surface area contributed by atoms with E-state index in [-0.39, 0.29) is 29.6 Å². The monoisotopic (exact) mass is 815 g/mol. The highest BCUT2D eigenvalue weighted by Crippen LogP contribution is 2.27. The lowest BCUT2D eigenvalue weighted by molar-refractivity contribution is 0.0660. The minimum atomic E-state index is -4.00. The maximum Gasteiger partial charge on any atom is 0.371 e. The zero-order valence-corrected chi connectivity index (χ0v) is 33.4. The highest BCUT2D eigenvalue weighted by atomic mass is 32.2. The van der Waals surface area contributed by atoms with Crippen LogP contribution in [0.1, 0.15) is 43.8 Å². The molecule has 0 spiro atoms. The van der Waals surface area contributed by atoms with Gasteiger partial charge in [0.15, 0.2) is 5.76 Å². The van der Waals surface area contributed by atoms with Crippen LogP contribution in [-0.2, 0) is 23.2 Å². The predicted octanol–water partition coefficient (Wildman–Crippen LogP) is 9.50. The highest BCUT2D eigenvalue weighted by molar-refractivity contribution is 7.90. The quantitative estimate of drug-likeness (QED) is 0.107. The van der Waals surface area contributed by atoms with E-state index in [2.05, 4.69) is 0 Å². The van der Waals surface area contributed by atoms with Gasteiger partial charge < -0.3 is 32.9 Å². The Balaban J connectivity index is 0.000000208. The van der Waals surface area contributed by atoms with E-state index in [1.807, 2.05) is 102 Å². The summed E-state index contributed by atoms with van der Waals surface area (Å²) in [6.07, 6.45) is 0. The van der Waals surface area contributed by atoms with Crippen molar-refractivity contribution >= 4 is 21.9 Å². The van der Waals surface area contributed by atoms with Crippen molar-refractivity contribution in [3.8, 4) is 45.3 Å². The van der Waals surface area contributed by atoms with Crippen LogP contribution >= 0.6 is 0 Å². The smallest absolute Gasteiger partial charge is 0.371 e. The van der Waals surface area contributed by atoms with E-state index in [9.17, 15) is 18.0 Å². The lowest BCUT2D eigenvalue weighted by Gasteiger charge is -2.07. The number of benzene rings is 5. The van der Waals surface area contributed by atoms with Crippen molar-refractivity contribution in [1.82, 2.24) is 4.72 Å². The molecule has 7 rings (SSSR count). The maximum absolute atomic E-state index is 12.5. The van der Waals surface area contributed by atoms with E-state index >= 15 is 0 Å². The Morgan fingerprint density at radius 1 is 0.559 bits per heavy atom. The molecule has 0 fully saturated rings. The Morgan fingerprint density at radius 2 is 0.932 bits per heavy atom. The number of hydrogen-bond acceptors (Lipinski definition) is 10. The number of ether oxygens (including phenoxy) is 4. The molecule has 0 saturated carbocycles. The molecular formula is C46H41NO11S. The third-order valence-electron chi connectivity index (χ3n) is 9.10. The molecule has 302 valence electrons. The van der Waals surface area contributed by atoms with Crippen molar-refractivity contribution in [3.05, 3.63) is 174 Å². The number of methoxy groups -OCH3 is 2. The molecule has 2 heterocycles. The van der Waals surface area contributed by atoms with Gasteiger partial charge in [0.1, 0.15) is 47.7 Å². The third kappa shape index (κ3) is 10.8. The molecule has 2 N–H and O–H groups in total. The number of aromatic carboxylic acids is 1. The number of nitrogens with one attached hydrogen (secondary N) is 1. The lowest BCUT2D eigenvalue weighted by atomic mass is 10.1. The molecule has 5 aromatic carbocycles. The Morgan fingerprint density at radius 3 is 1.31 bits per heavy atom. The highest BCUT2D eigenvalue weighted by Gasteiger charge is 2.22. The van der Waals surface area contributed by atoms with Gasteiger partial charge in [-0.1, -0.05) is 66.7 Å². The SMILES string of the molecule is COc1ccc(-c2ccc(OCc3cc(C(=O)NS(=O)(=O)c4ccccc4)oc3C)cc2)cc1.COc1ccc(-c2ccc(OCc3cc(C(=O)O)oc3C)cc2)cc1. The number of amides is 1. The first kappa shape index (κ1) is 41.4. The van der Waals surface area contributed by atoms with Gasteiger partial charge >= 0.3 is 11.9 Å². The molecule has 0 saturated heterocycles. The Hall–Kier alpha value is -7.25. The van der Waals surface area contributed by atoms with Gasteiger partial charge in [-0.2, -0.15) is 0 Å². The molecule has 0 bridgehead atoms. The molecular weight excluding hydrogens is 775 g/mol.